The number of carbonyl (C=O) groups excluding carboxylic acids is 1. The highest BCUT2D eigenvalue weighted by Crippen LogP contribution is 2.24. The largest absolute Gasteiger partial charge is 0.481 e. The van der Waals surface area contributed by atoms with Gasteiger partial charge in [0.05, 0.1) is 5.92 Å². The Balaban J connectivity index is 2.20. The first-order chi connectivity index (χ1) is 9.97. The molecule has 0 amide bonds. The van der Waals surface area contributed by atoms with Gasteiger partial charge in [-0.1, -0.05) is 51.8 Å². The van der Waals surface area contributed by atoms with Crippen LogP contribution >= 0.6 is 27.5 Å². The van der Waals surface area contributed by atoms with Crippen molar-refractivity contribution in [2.75, 3.05) is 0 Å². The number of carboxylic acid groups (broad SMARTS) is 1. The van der Waals surface area contributed by atoms with E-state index in [1.54, 1.807) is 48.5 Å². The normalized spacial score (nSPS) is 11.9. The lowest BCUT2D eigenvalue weighted by atomic mass is 9.92. The third kappa shape index (κ3) is 4.16. The zero-order chi connectivity index (χ0) is 15.4. The molecule has 0 saturated heterocycles. The first-order valence-corrected chi connectivity index (χ1v) is 7.41. The molecule has 108 valence electrons. The number of hydrogen-bond acceptors (Lipinski definition) is 2. The molecule has 0 saturated carbocycles. The van der Waals surface area contributed by atoms with E-state index in [-0.39, 0.29) is 12.2 Å². The summed E-state index contributed by atoms with van der Waals surface area (Å²) in [7, 11) is 0. The molecule has 0 bridgehead atoms. The van der Waals surface area contributed by atoms with Crippen LogP contribution in [0, 0.1) is 0 Å². The van der Waals surface area contributed by atoms with Crippen molar-refractivity contribution in [1.82, 2.24) is 0 Å². The zero-order valence-corrected chi connectivity index (χ0v) is 13.3. The van der Waals surface area contributed by atoms with Gasteiger partial charge in [-0.25, -0.2) is 0 Å². The molecule has 3 nitrogen and oxygen atoms in total. The molecule has 0 unspecified atom stereocenters. The quantitative estimate of drug-likeness (QED) is 0.789. The highest BCUT2D eigenvalue weighted by Gasteiger charge is 2.23. The van der Waals surface area contributed by atoms with Crippen molar-refractivity contribution in [1.29, 1.82) is 0 Å². The Morgan fingerprint density at radius 2 is 1.62 bits per heavy atom. The van der Waals surface area contributed by atoms with Gasteiger partial charge >= 0.3 is 5.97 Å². The van der Waals surface area contributed by atoms with E-state index in [1.165, 1.54) is 0 Å². The molecule has 0 radical (unpaired) electrons. The molecule has 2 aromatic rings. The molecule has 0 aliphatic heterocycles. The van der Waals surface area contributed by atoms with E-state index in [2.05, 4.69) is 15.9 Å². The molecule has 2 rings (SSSR count). The molecule has 0 aliphatic rings. The summed E-state index contributed by atoms with van der Waals surface area (Å²) in [4.78, 5) is 23.6. The van der Waals surface area contributed by atoms with Gasteiger partial charge in [0.1, 0.15) is 0 Å². The first-order valence-electron chi connectivity index (χ1n) is 6.24. The number of benzene rings is 2. The summed E-state index contributed by atoms with van der Waals surface area (Å²) in [5.41, 5.74) is 1.07. The van der Waals surface area contributed by atoms with E-state index >= 15 is 0 Å². The minimum absolute atomic E-state index is 0.0847. The average molecular weight is 368 g/mol. The second kappa shape index (κ2) is 6.87. The number of hydrogen-bond donors (Lipinski definition) is 1. The first kappa shape index (κ1) is 15.7. The Bertz CT molecular complexity index is 650. The van der Waals surface area contributed by atoms with E-state index in [9.17, 15) is 14.7 Å². The van der Waals surface area contributed by atoms with Crippen LogP contribution in [0.4, 0.5) is 0 Å². The van der Waals surface area contributed by atoms with Crippen LogP contribution in [0.15, 0.2) is 53.0 Å². The number of Topliss-reactive ketones (excluding diaryl/α,β-unsaturated/α-hetero) is 1. The molecule has 0 spiro atoms. The van der Waals surface area contributed by atoms with Crippen LogP contribution in [0.25, 0.3) is 0 Å². The summed E-state index contributed by atoms with van der Waals surface area (Å²) >= 11 is 9.09. The molecule has 21 heavy (non-hydrogen) atoms. The van der Waals surface area contributed by atoms with E-state index in [0.29, 0.717) is 16.1 Å². The highest BCUT2D eigenvalue weighted by molar-refractivity contribution is 9.10. The van der Waals surface area contributed by atoms with Gasteiger partial charge in [0.2, 0.25) is 0 Å². The van der Waals surface area contributed by atoms with Gasteiger partial charge in [0, 0.05) is 21.5 Å². The minimum atomic E-state index is -1.03. The van der Waals surface area contributed by atoms with Gasteiger partial charge in [-0.05, 0) is 29.8 Å². The van der Waals surface area contributed by atoms with E-state index in [4.69, 9.17) is 11.6 Å². The average Bonchev–Trinajstić information content (AvgIpc) is 2.46. The standard InChI is InChI=1S/C16H12BrClO3/c17-12-5-1-11(2-6-12)15(19)9-14(16(20)21)10-3-7-13(18)8-4-10/h1-8,14H,9H2,(H,20,21)/t14-/m0/s1. The predicted molar refractivity (Wildman–Crippen MR) is 84.9 cm³/mol. The fourth-order valence-electron chi connectivity index (χ4n) is 1.98. The third-order valence-corrected chi connectivity index (χ3v) is 3.91. The van der Waals surface area contributed by atoms with Gasteiger partial charge in [-0.15, -0.1) is 0 Å². The molecular weight excluding hydrogens is 356 g/mol. The lowest BCUT2D eigenvalue weighted by Gasteiger charge is -2.12. The Hall–Kier alpha value is -1.65. The molecular formula is C16H12BrClO3. The summed E-state index contributed by atoms with van der Waals surface area (Å²) in [6.45, 7) is 0. The second-order valence-electron chi connectivity index (χ2n) is 4.58. The van der Waals surface area contributed by atoms with Crippen molar-refractivity contribution in [3.05, 3.63) is 69.2 Å². The molecule has 2 aromatic carbocycles. The molecule has 0 aromatic heterocycles. The van der Waals surface area contributed by atoms with Crippen LogP contribution in [-0.2, 0) is 4.79 Å². The van der Waals surface area contributed by atoms with Gasteiger partial charge in [0.15, 0.2) is 5.78 Å². The van der Waals surface area contributed by atoms with Gasteiger partial charge in [0.25, 0.3) is 0 Å². The summed E-state index contributed by atoms with van der Waals surface area (Å²) in [6.07, 6.45) is -0.0847. The monoisotopic (exact) mass is 366 g/mol. The summed E-state index contributed by atoms with van der Waals surface area (Å²) in [6, 6.07) is 13.4. The van der Waals surface area contributed by atoms with Crippen LogP contribution in [0.1, 0.15) is 28.3 Å². The van der Waals surface area contributed by atoms with Crippen molar-refractivity contribution in [3.8, 4) is 0 Å². The highest BCUT2D eigenvalue weighted by atomic mass is 79.9. The topological polar surface area (TPSA) is 54.4 Å². The molecule has 0 fully saturated rings. The maximum absolute atomic E-state index is 12.2. The molecule has 0 heterocycles. The summed E-state index contributed by atoms with van der Waals surface area (Å²) in [5, 5.41) is 9.87. The Kier molecular flexibility index (Phi) is 5.15. The van der Waals surface area contributed by atoms with Crippen molar-refractivity contribution < 1.29 is 14.7 Å². The molecule has 1 atom stereocenters. The smallest absolute Gasteiger partial charge is 0.311 e. The van der Waals surface area contributed by atoms with Crippen LogP contribution in [0.3, 0.4) is 0 Å². The fourth-order valence-corrected chi connectivity index (χ4v) is 2.37. The molecule has 0 aliphatic carbocycles. The maximum Gasteiger partial charge on any atom is 0.311 e. The Morgan fingerprint density at radius 1 is 1.05 bits per heavy atom. The molecule has 1 N–H and O–H groups in total. The van der Waals surface area contributed by atoms with Crippen molar-refractivity contribution in [2.24, 2.45) is 0 Å². The van der Waals surface area contributed by atoms with Crippen molar-refractivity contribution in [3.63, 3.8) is 0 Å². The number of ketones is 1. The number of aliphatic carboxylic acids is 1. The van der Waals surface area contributed by atoms with Crippen molar-refractivity contribution in [2.45, 2.75) is 12.3 Å². The SMILES string of the molecule is O=C(C[C@H](C(=O)O)c1ccc(Cl)cc1)c1ccc(Br)cc1. The van der Waals surface area contributed by atoms with Crippen LogP contribution in [-0.4, -0.2) is 16.9 Å². The van der Waals surface area contributed by atoms with E-state index < -0.39 is 11.9 Å². The van der Waals surface area contributed by atoms with E-state index in [0.717, 1.165) is 4.47 Å². The second-order valence-corrected chi connectivity index (χ2v) is 5.93. The van der Waals surface area contributed by atoms with Gasteiger partial charge in [-0.2, -0.15) is 0 Å². The van der Waals surface area contributed by atoms with Crippen LogP contribution in [0.5, 0.6) is 0 Å². The summed E-state index contributed by atoms with van der Waals surface area (Å²) < 4.78 is 0.867. The Labute approximate surface area is 135 Å². The Morgan fingerprint density at radius 3 is 2.14 bits per heavy atom. The summed E-state index contributed by atoms with van der Waals surface area (Å²) in [5.74, 6) is -2.11. The lowest BCUT2D eigenvalue weighted by Crippen LogP contribution is -2.16. The van der Waals surface area contributed by atoms with Crippen LogP contribution < -0.4 is 0 Å². The van der Waals surface area contributed by atoms with Crippen LogP contribution in [0.2, 0.25) is 5.02 Å². The van der Waals surface area contributed by atoms with Gasteiger partial charge in [-0.3, -0.25) is 9.59 Å². The number of carboxylic acids is 1. The van der Waals surface area contributed by atoms with Gasteiger partial charge < -0.3 is 5.11 Å². The third-order valence-electron chi connectivity index (χ3n) is 3.13. The minimum Gasteiger partial charge on any atom is -0.481 e. The zero-order valence-electron chi connectivity index (χ0n) is 10.9. The maximum atomic E-state index is 12.2. The molecule has 5 heteroatoms. The number of rotatable bonds is 5. The lowest BCUT2D eigenvalue weighted by molar-refractivity contribution is -0.138. The van der Waals surface area contributed by atoms with E-state index in [1.807, 2.05) is 0 Å². The fraction of sp³-hybridized carbons (Fsp3) is 0.125. The number of carbonyl (C=O) groups is 2. The number of halogens is 2. The predicted octanol–water partition coefficient (Wildman–Crippen LogP) is 4.54. The van der Waals surface area contributed by atoms with Crippen molar-refractivity contribution >= 4 is 39.3 Å².